The van der Waals surface area contributed by atoms with Gasteiger partial charge in [0.15, 0.2) is 6.10 Å². The average molecular weight is 312 g/mol. The van der Waals surface area contributed by atoms with Crippen molar-refractivity contribution in [2.24, 2.45) is 0 Å². The molecule has 0 saturated carbocycles. The van der Waals surface area contributed by atoms with Gasteiger partial charge in [-0.1, -0.05) is 5.92 Å². The topological polar surface area (TPSA) is 71.1 Å². The van der Waals surface area contributed by atoms with Crippen LogP contribution in [0.3, 0.4) is 0 Å². The SMILES string of the molecule is C#C[C@H]1CCC[C@@H]([C@@H](COC(=O)OC(C)(C)C)OC(C)=O)O1. The first-order chi connectivity index (χ1) is 10.2. The van der Waals surface area contributed by atoms with E-state index < -0.39 is 23.8 Å². The molecule has 1 aliphatic rings. The molecule has 0 bridgehead atoms. The van der Waals surface area contributed by atoms with E-state index in [9.17, 15) is 9.59 Å². The lowest BCUT2D eigenvalue weighted by Gasteiger charge is -2.32. The van der Waals surface area contributed by atoms with Gasteiger partial charge in [0.2, 0.25) is 0 Å². The minimum atomic E-state index is -0.811. The molecule has 0 amide bonds. The molecule has 0 aromatic carbocycles. The molecule has 6 nitrogen and oxygen atoms in total. The Morgan fingerprint density at radius 2 is 2.05 bits per heavy atom. The molecule has 1 heterocycles. The van der Waals surface area contributed by atoms with Gasteiger partial charge < -0.3 is 18.9 Å². The van der Waals surface area contributed by atoms with E-state index in [-0.39, 0.29) is 18.8 Å². The Labute approximate surface area is 131 Å². The van der Waals surface area contributed by atoms with Crippen molar-refractivity contribution >= 4 is 12.1 Å². The molecule has 1 aliphatic heterocycles. The summed E-state index contributed by atoms with van der Waals surface area (Å²) in [5.41, 5.74) is -0.649. The standard InChI is InChI=1S/C16H24O6/c1-6-12-8-7-9-13(21-12)14(20-11(2)17)10-19-15(18)22-16(3,4)5/h1,12-14H,7-10H2,2-5H3/t12-,13-,14+/m0/s1. The Morgan fingerprint density at radius 3 is 2.59 bits per heavy atom. The lowest BCUT2D eigenvalue weighted by atomic mass is 10.0. The highest BCUT2D eigenvalue weighted by Crippen LogP contribution is 2.23. The summed E-state index contributed by atoms with van der Waals surface area (Å²) in [7, 11) is 0. The van der Waals surface area contributed by atoms with Crippen molar-refractivity contribution in [3.8, 4) is 12.3 Å². The van der Waals surface area contributed by atoms with Crippen molar-refractivity contribution in [1.82, 2.24) is 0 Å². The molecule has 22 heavy (non-hydrogen) atoms. The molecule has 1 fully saturated rings. The Morgan fingerprint density at radius 1 is 1.36 bits per heavy atom. The number of carbonyl (C=O) groups excluding carboxylic acids is 2. The second kappa shape index (κ2) is 8.04. The van der Waals surface area contributed by atoms with E-state index in [1.165, 1.54) is 6.92 Å². The summed E-state index contributed by atoms with van der Waals surface area (Å²) in [4.78, 5) is 22.8. The van der Waals surface area contributed by atoms with Crippen LogP contribution in [0.5, 0.6) is 0 Å². The third kappa shape index (κ3) is 6.81. The highest BCUT2D eigenvalue weighted by atomic mass is 16.7. The fraction of sp³-hybridized carbons (Fsp3) is 0.750. The number of ether oxygens (including phenoxy) is 4. The van der Waals surface area contributed by atoms with Crippen LogP contribution in [0.25, 0.3) is 0 Å². The first kappa shape index (κ1) is 18.3. The van der Waals surface area contributed by atoms with Gasteiger partial charge in [-0.25, -0.2) is 4.79 Å². The summed E-state index contributed by atoms with van der Waals surface area (Å²) in [5, 5.41) is 0. The Kier molecular flexibility index (Phi) is 6.69. The minimum absolute atomic E-state index is 0.129. The van der Waals surface area contributed by atoms with Gasteiger partial charge in [-0.2, -0.15) is 0 Å². The molecule has 6 heteroatoms. The number of esters is 1. The fourth-order valence-corrected chi connectivity index (χ4v) is 2.11. The maximum atomic E-state index is 11.6. The first-order valence-electron chi connectivity index (χ1n) is 7.36. The van der Waals surface area contributed by atoms with Gasteiger partial charge in [-0.15, -0.1) is 6.42 Å². The van der Waals surface area contributed by atoms with E-state index in [0.29, 0.717) is 6.42 Å². The Balaban J connectivity index is 2.59. The van der Waals surface area contributed by atoms with Crippen LogP contribution in [0, 0.1) is 12.3 Å². The van der Waals surface area contributed by atoms with Crippen molar-refractivity contribution in [3.05, 3.63) is 0 Å². The second-order valence-electron chi connectivity index (χ2n) is 6.18. The van der Waals surface area contributed by atoms with Crippen LogP contribution in [-0.4, -0.2) is 42.6 Å². The number of hydrogen-bond donors (Lipinski definition) is 0. The van der Waals surface area contributed by atoms with Crippen molar-refractivity contribution < 1.29 is 28.5 Å². The van der Waals surface area contributed by atoms with Gasteiger partial charge >= 0.3 is 12.1 Å². The van der Waals surface area contributed by atoms with Gasteiger partial charge in [0.1, 0.15) is 18.3 Å². The summed E-state index contributed by atoms with van der Waals surface area (Å²) in [6.45, 7) is 6.37. The van der Waals surface area contributed by atoms with E-state index >= 15 is 0 Å². The van der Waals surface area contributed by atoms with Crippen molar-refractivity contribution in [3.63, 3.8) is 0 Å². The predicted molar refractivity (Wildman–Crippen MR) is 79.1 cm³/mol. The largest absolute Gasteiger partial charge is 0.508 e. The van der Waals surface area contributed by atoms with E-state index in [4.69, 9.17) is 25.4 Å². The Hall–Kier alpha value is -1.74. The predicted octanol–water partition coefficient (Wildman–Crippen LogP) is 2.44. The van der Waals surface area contributed by atoms with Crippen molar-refractivity contribution in [1.29, 1.82) is 0 Å². The van der Waals surface area contributed by atoms with Gasteiger partial charge in [0.05, 0.1) is 6.10 Å². The summed E-state index contributed by atoms with van der Waals surface area (Å²) in [6.07, 6.45) is 5.49. The number of hydrogen-bond acceptors (Lipinski definition) is 6. The molecule has 0 aromatic heterocycles. The van der Waals surface area contributed by atoms with Crippen LogP contribution in [0.1, 0.15) is 47.0 Å². The monoisotopic (exact) mass is 312 g/mol. The van der Waals surface area contributed by atoms with E-state index in [1.54, 1.807) is 20.8 Å². The minimum Gasteiger partial charge on any atom is -0.456 e. The van der Waals surface area contributed by atoms with Gasteiger partial charge in [-0.05, 0) is 40.0 Å². The maximum Gasteiger partial charge on any atom is 0.508 e. The third-order valence-electron chi connectivity index (χ3n) is 2.97. The molecule has 124 valence electrons. The number of carbonyl (C=O) groups is 2. The zero-order valence-electron chi connectivity index (χ0n) is 13.6. The number of terminal acetylenes is 1. The van der Waals surface area contributed by atoms with Crippen LogP contribution < -0.4 is 0 Å². The van der Waals surface area contributed by atoms with Gasteiger partial charge in [0.25, 0.3) is 0 Å². The lowest BCUT2D eigenvalue weighted by molar-refractivity contribution is -0.166. The van der Waals surface area contributed by atoms with Crippen LogP contribution in [-0.2, 0) is 23.7 Å². The van der Waals surface area contributed by atoms with Crippen LogP contribution in [0.2, 0.25) is 0 Å². The molecule has 0 aliphatic carbocycles. The molecule has 0 unspecified atom stereocenters. The highest BCUT2D eigenvalue weighted by Gasteiger charge is 2.32. The zero-order chi connectivity index (χ0) is 16.8. The molecule has 0 N–H and O–H groups in total. The smallest absolute Gasteiger partial charge is 0.456 e. The van der Waals surface area contributed by atoms with E-state index in [0.717, 1.165) is 12.8 Å². The normalized spacial score (nSPS) is 23.0. The Bertz CT molecular complexity index is 431. The van der Waals surface area contributed by atoms with E-state index in [2.05, 4.69) is 5.92 Å². The third-order valence-corrected chi connectivity index (χ3v) is 2.97. The van der Waals surface area contributed by atoms with E-state index in [1.807, 2.05) is 0 Å². The van der Waals surface area contributed by atoms with Gasteiger partial charge in [-0.3, -0.25) is 4.79 Å². The van der Waals surface area contributed by atoms with Gasteiger partial charge in [0, 0.05) is 6.92 Å². The zero-order valence-corrected chi connectivity index (χ0v) is 13.6. The first-order valence-corrected chi connectivity index (χ1v) is 7.36. The molecule has 1 saturated heterocycles. The average Bonchev–Trinajstić information content (AvgIpc) is 2.41. The summed E-state index contributed by atoms with van der Waals surface area (Å²) < 4.78 is 21.0. The fourth-order valence-electron chi connectivity index (χ4n) is 2.11. The molecule has 1 rings (SSSR count). The molecular weight excluding hydrogens is 288 g/mol. The number of rotatable bonds is 4. The van der Waals surface area contributed by atoms with Crippen molar-refractivity contribution in [2.45, 2.75) is 70.9 Å². The quantitative estimate of drug-likeness (QED) is 0.586. The van der Waals surface area contributed by atoms with Crippen molar-refractivity contribution in [2.75, 3.05) is 6.61 Å². The molecular formula is C16H24O6. The molecule has 0 radical (unpaired) electrons. The lowest BCUT2D eigenvalue weighted by Crippen LogP contribution is -2.42. The summed E-state index contributed by atoms with van der Waals surface area (Å²) in [5.74, 6) is 2.07. The summed E-state index contributed by atoms with van der Waals surface area (Å²) >= 11 is 0. The molecule has 3 atom stereocenters. The van der Waals surface area contributed by atoms with Crippen LogP contribution in [0.15, 0.2) is 0 Å². The highest BCUT2D eigenvalue weighted by molar-refractivity contribution is 5.66. The maximum absolute atomic E-state index is 11.6. The molecule has 0 spiro atoms. The molecule has 0 aromatic rings. The second-order valence-corrected chi connectivity index (χ2v) is 6.18. The van der Waals surface area contributed by atoms with Crippen LogP contribution >= 0.6 is 0 Å². The van der Waals surface area contributed by atoms with Crippen LogP contribution in [0.4, 0.5) is 4.79 Å². The summed E-state index contributed by atoms with van der Waals surface area (Å²) in [6, 6.07) is 0.